The Hall–Kier alpha value is -1.79. The van der Waals surface area contributed by atoms with Crippen molar-refractivity contribution in [1.82, 2.24) is 9.80 Å². The lowest BCUT2D eigenvalue weighted by Crippen LogP contribution is -2.56. The molecule has 0 bridgehead atoms. The van der Waals surface area contributed by atoms with Crippen LogP contribution in [-0.2, 0) is 9.59 Å². The Balaban J connectivity index is 4.96. The molecule has 3 amide bonds. The van der Waals surface area contributed by atoms with E-state index in [4.69, 9.17) is 10.8 Å². The highest BCUT2D eigenvalue weighted by Crippen LogP contribution is 2.15. The van der Waals surface area contributed by atoms with Gasteiger partial charge in [-0.25, -0.2) is 9.59 Å². The summed E-state index contributed by atoms with van der Waals surface area (Å²) in [7, 11) is 1.40. The van der Waals surface area contributed by atoms with Gasteiger partial charge in [-0.3, -0.25) is 4.79 Å². The van der Waals surface area contributed by atoms with Crippen molar-refractivity contribution in [3.05, 3.63) is 0 Å². The summed E-state index contributed by atoms with van der Waals surface area (Å²) in [6.07, 6.45) is 1.58. The van der Waals surface area contributed by atoms with Crippen molar-refractivity contribution in [2.24, 2.45) is 5.73 Å². The summed E-state index contributed by atoms with van der Waals surface area (Å²) in [5, 5.41) is 9.10. The number of hydrogen-bond acceptors (Lipinski definition) is 3. The molecule has 0 heterocycles. The predicted molar refractivity (Wildman–Crippen MR) is 70.5 cm³/mol. The number of unbranched alkanes of at least 4 members (excludes halogenated alkanes) is 1. The van der Waals surface area contributed by atoms with Crippen molar-refractivity contribution in [3.63, 3.8) is 0 Å². The Kier molecular flexibility index (Phi) is 6.31. The number of nitrogens with two attached hydrogens (primary N) is 1. The number of likely N-dealkylation sites (N-methyl/N-ethyl adjacent to an activating group) is 1. The first-order valence-corrected chi connectivity index (χ1v) is 6.19. The van der Waals surface area contributed by atoms with Gasteiger partial charge >= 0.3 is 12.0 Å². The Morgan fingerprint density at radius 3 is 2.16 bits per heavy atom. The minimum atomic E-state index is -1.35. The SMILES string of the molecule is CCCCN(CC(N)=O)C(=O)N(C)C(C)(C)C(=O)O. The second kappa shape index (κ2) is 6.96. The van der Waals surface area contributed by atoms with Crippen LogP contribution in [0.1, 0.15) is 33.6 Å². The smallest absolute Gasteiger partial charge is 0.329 e. The third-order valence-corrected chi connectivity index (χ3v) is 3.05. The van der Waals surface area contributed by atoms with Crippen LogP contribution in [0.25, 0.3) is 0 Å². The Labute approximate surface area is 113 Å². The van der Waals surface area contributed by atoms with Crippen molar-refractivity contribution in [2.75, 3.05) is 20.1 Å². The highest BCUT2D eigenvalue weighted by atomic mass is 16.4. The Morgan fingerprint density at radius 2 is 1.79 bits per heavy atom. The van der Waals surface area contributed by atoms with Crippen LogP contribution in [0.5, 0.6) is 0 Å². The lowest BCUT2D eigenvalue weighted by atomic mass is 10.0. The quantitative estimate of drug-likeness (QED) is 0.704. The van der Waals surface area contributed by atoms with E-state index in [1.807, 2.05) is 6.92 Å². The van der Waals surface area contributed by atoms with Gasteiger partial charge in [0.25, 0.3) is 0 Å². The van der Waals surface area contributed by atoms with Gasteiger partial charge in [-0.2, -0.15) is 0 Å². The van der Waals surface area contributed by atoms with Crippen LogP contribution in [0.15, 0.2) is 0 Å². The molecular formula is C12H23N3O4. The van der Waals surface area contributed by atoms with Crippen molar-refractivity contribution in [2.45, 2.75) is 39.2 Å². The van der Waals surface area contributed by atoms with Crippen molar-refractivity contribution >= 4 is 17.9 Å². The Bertz CT molecular complexity index is 355. The summed E-state index contributed by atoms with van der Waals surface area (Å²) in [5.41, 5.74) is 3.76. The average Bonchev–Trinajstić information content (AvgIpc) is 2.31. The average molecular weight is 273 g/mol. The predicted octanol–water partition coefficient (Wildman–Crippen LogP) is 0.489. The zero-order chi connectivity index (χ0) is 15.2. The molecule has 110 valence electrons. The van der Waals surface area contributed by atoms with Gasteiger partial charge in [-0.05, 0) is 20.3 Å². The zero-order valence-electron chi connectivity index (χ0n) is 12.0. The topological polar surface area (TPSA) is 104 Å². The molecule has 7 nitrogen and oxygen atoms in total. The molecule has 0 aliphatic rings. The van der Waals surface area contributed by atoms with Crippen molar-refractivity contribution < 1.29 is 19.5 Å². The number of primary amides is 1. The molecule has 0 saturated heterocycles. The van der Waals surface area contributed by atoms with E-state index in [0.717, 1.165) is 17.7 Å². The molecule has 0 aliphatic carbocycles. The molecular weight excluding hydrogens is 250 g/mol. The summed E-state index contributed by atoms with van der Waals surface area (Å²) in [4.78, 5) is 36.7. The Morgan fingerprint density at radius 1 is 1.26 bits per heavy atom. The number of aliphatic carboxylic acids is 1. The second-order valence-electron chi connectivity index (χ2n) is 4.95. The van der Waals surface area contributed by atoms with Gasteiger partial charge in [0.2, 0.25) is 5.91 Å². The molecule has 0 aromatic carbocycles. The van der Waals surface area contributed by atoms with E-state index < -0.39 is 23.4 Å². The maximum absolute atomic E-state index is 12.2. The summed E-state index contributed by atoms with van der Waals surface area (Å²) in [6.45, 7) is 4.97. The van der Waals surface area contributed by atoms with Crippen LogP contribution < -0.4 is 5.73 Å². The lowest BCUT2D eigenvalue weighted by molar-refractivity contribution is -0.147. The number of amides is 3. The maximum Gasteiger partial charge on any atom is 0.329 e. The zero-order valence-corrected chi connectivity index (χ0v) is 12.0. The highest BCUT2D eigenvalue weighted by molar-refractivity contribution is 5.87. The fourth-order valence-electron chi connectivity index (χ4n) is 1.37. The molecule has 0 rings (SSSR count). The van der Waals surface area contributed by atoms with Crippen LogP contribution in [0.2, 0.25) is 0 Å². The summed E-state index contributed by atoms with van der Waals surface area (Å²) >= 11 is 0. The van der Waals surface area contributed by atoms with Gasteiger partial charge in [0.15, 0.2) is 0 Å². The largest absolute Gasteiger partial charge is 0.480 e. The van der Waals surface area contributed by atoms with Crippen molar-refractivity contribution in [3.8, 4) is 0 Å². The van der Waals surface area contributed by atoms with E-state index in [1.165, 1.54) is 25.8 Å². The van der Waals surface area contributed by atoms with Gasteiger partial charge in [-0.1, -0.05) is 13.3 Å². The van der Waals surface area contributed by atoms with E-state index in [0.29, 0.717) is 6.54 Å². The fourth-order valence-corrected chi connectivity index (χ4v) is 1.37. The molecule has 0 fully saturated rings. The van der Waals surface area contributed by atoms with E-state index in [9.17, 15) is 14.4 Å². The van der Waals surface area contributed by atoms with E-state index in [2.05, 4.69) is 0 Å². The summed E-state index contributed by atoms with van der Waals surface area (Å²) in [5.74, 6) is -1.73. The number of rotatable bonds is 7. The van der Waals surface area contributed by atoms with Crippen LogP contribution in [0.3, 0.4) is 0 Å². The van der Waals surface area contributed by atoms with E-state index in [1.54, 1.807) is 0 Å². The monoisotopic (exact) mass is 273 g/mol. The molecule has 0 aliphatic heterocycles. The van der Waals surface area contributed by atoms with Crippen LogP contribution >= 0.6 is 0 Å². The minimum Gasteiger partial charge on any atom is -0.480 e. The normalized spacial score (nSPS) is 10.9. The number of carboxylic acids is 1. The number of urea groups is 1. The number of hydrogen-bond donors (Lipinski definition) is 2. The van der Waals surface area contributed by atoms with E-state index >= 15 is 0 Å². The molecule has 0 atom stereocenters. The van der Waals surface area contributed by atoms with Gasteiger partial charge in [-0.15, -0.1) is 0 Å². The van der Waals surface area contributed by atoms with E-state index in [-0.39, 0.29) is 6.54 Å². The van der Waals surface area contributed by atoms with Crippen molar-refractivity contribution in [1.29, 1.82) is 0 Å². The van der Waals surface area contributed by atoms with Gasteiger partial charge in [0.05, 0.1) is 0 Å². The number of carbonyl (C=O) groups is 3. The molecule has 19 heavy (non-hydrogen) atoms. The first kappa shape index (κ1) is 17.2. The van der Waals surface area contributed by atoms with Crippen LogP contribution in [0.4, 0.5) is 4.79 Å². The standard InChI is InChI=1S/C12H23N3O4/c1-5-6-7-15(8-9(13)16)11(19)14(4)12(2,3)10(17)18/h5-8H2,1-4H3,(H2,13,16)(H,17,18). The van der Waals surface area contributed by atoms with Gasteiger partial charge < -0.3 is 20.6 Å². The third-order valence-electron chi connectivity index (χ3n) is 3.05. The highest BCUT2D eigenvalue weighted by Gasteiger charge is 2.37. The number of carbonyl (C=O) groups excluding carboxylic acids is 2. The molecule has 0 spiro atoms. The summed E-state index contributed by atoms with van der Waals surface area (Å²) in [6, 6.07) is -0.514. The lowest BCUT2D eigenvalue weighted by Gasteiger charge is -2.35. The first-order valence-electron chi connectivity index (χ1n) is 6.19. The van der Waals surface area contributed by atoms with Gasteiger partial charge in [0, 0.05) is 13.6 Å². The van der Waals surface area contributed by atoms with Crippen LogP contribution in [0, 0.1) is 0 Å². The van der Waals surface area contributed by atoms with Gasteiger partial charge in [0.1, 0.15) is 12.1 Å². The molecule has 0 saturated carbocycles. The summed E-state index contributed by atoms with van der Waals surface area (Å²) < 4.78 is 0. The first-order chi connectivity index (χ1) is 8.64. The fraction of sp³-hybridized carbons (Fsp3) is 0.750. The van der Waals surface area contributed by atoms with Crippen LogP contribution in [-0.4, -0.2) is 58.5 Å². The molecule has 0 aromatic heterocycles. The third kappa shape index (κ3) is 4.76. The molecule has 7 heteroatoms. The molecule has 3 N–H and O–H groups in total. The molecule has 0 unspecified atom stereocenters. The maximum atomic E-state index is 12.2. The molecule has 0 radical (unpaired) electrons. The second-order valence-corrected chi connectivity index (χ2v) is 4.95. The number of nitrogens with zero attached hydrogens (tertiary/aromatic N) is 2. The molecule has 0 aromatic rings. The minimum absolute atomic E-state index is 0.209. The number of carboxylic acid groups (broad SMARTS) is 1.